The van der Waals surface area contributed by atoms with Crippen molar-refractivity contribution in [1.29, 1.82) is 0 Å². The van der Waals surface area contributed by atoms with E-state index in [0.29, 0.717) is 0 Å². The number of fused-ring (bicyclic) bond motifs is 8. The van der Waals surface area contributed by atoms with Gasteiger partial charge in [0.05, 0.1) is 39.2 Å². The highest BCUT2D eigenvalue weighted by atomic mass is 32.2. The van der Waals surface area contributed by atoms with Gasteiger partial charge in [-0.25, -0.2) is 19.9 Å². The van der Waals surface area contributed by atoms with E-state index in [0.717, 1.165) is 108 Å². The molecule has 5 heterocycles. The minimum atomic E-state index is -0.236. The van der Waals surface area contributed by atoms with Crippen LogP contribution >= 0.6 is 47.0 Å². The minimum Gasteiger partial charge on any atom is -0.483 e. The normalized spacial score (nSPS) is 13.3. The van der Waals surface area contributed by atoms with Crippen LogP contribution in [0.25, 0.3) is 0 Å². The molecule has 0 spiro atoms. The molecule has 0 atom stereocenters. The number of aryl methyl sites for hydroxylation is 4. The van der Waals surface area contributed by atoms with Crippen LogP contribution in [0.2, 0.25) is 0 Å². The third-order valence-corrected chi connectivity index (χ3v) is 17.7. The number of benzene rings is 4. The Morgan fingerprint density at radius 1 is 0.316 bits per heavy atom. The molecule has 12 nitrogen and oxygen atoms in total. The lowest BCUT2D eigenvalue weighted by Crippen LogP contribution is -2.14. The summed E-state index contributed by atoms with van der Waals surface area (Å²) in [4.78, 5) is 26.5. The van der Waals surface area contributed by atoms with Crippen LogP contribution in [0, 0.1) is 0 Å². The van der Waals surface area contributed by atoms with Gasteiger partial charge in [0.2, 0.25) is 0 Å². The second kappa shape index (κ2) is 21.6. The summed E-state index contributed by atoms with van der Waals surface area (Å²) in [5.74, 6) is 6.24. The molecule has 8 bridgehead atoms. The lowest BCUT2D eigenvalue weighted by Gasteiger charge is -2.28. The summed E-state index contributed by atoms with van der Waals surface area (Å²) in [7, 11) is 8.01. The zero-order valence-electron chi connectivity index (χ0n) is 46.9. The van der Waals surface area contributed by atoms with Crippen molar-refractivity contribution in [2.75, 3.05) is 0 Å². The number of aromatic nitrogens is 8. The quantitative estimate of drug-likeness (QED) is 0.116. The van der Waals surface area contributed by atoms with Crippen molar-refractivity contribution in [2.24, 2.45) is 28.2 Å². The van der Waals surface area contributed by atoms with Gasteiger partial charge in [-0.05, 0) is 92.4 Å². The van der Waals surface area contributed by atoms with E-state index in [1.54, 1.807) is 47.0 Å². The Balaban J connectivity index is 1.39. The fourth-order valence-electron chi connectivity index (χ4n) is 8.38. The standard InChI is InChI=1S/C60H72N8O4S4/c1-57(2,3)37-25-41-53(69-33-49-61-17-21-65(49)13)42(26-37)74-44-28-39(59(7,8)9)30-46(55(44)71-35-51-63-19-23-67(51)15)76-48-32-40(60(10,11)12)31-47(56(48)72-36-52-64-20-24-68(52)16)75-45-29-38(58(4,5)6)27-43(73-41)54(45)70-34-50-62-18-22-66(50)14/h17-32H,33-36H2,1-16H3. The van der Waals surface area contributed by atoms with Gasteiger partial charge in [0.15, 0.2) is 0 Å². The lowest BCUT2D eigenvalue weighted by molar-refractivity contribution is 0.274. The number of imidazole rings is 4. The van der Waals surface area contributed by atoms with E-state index in [9.17, 15) is 0 Å². The molecule has 0 saturated heterocycles. The predicted molar refractivity (Wildman–Crippen MR) is 307 cm³/mol. The van der Waals surface area contributed by atoms with Crippen LogP contribution in [0.1, 0.15) is 129 Å². The molecule has 1 aliphatic heterocycles. The summed E-state index contributed by atoms with van der Waals surface area (Å²) < 4.78 is 36.8. The molecule has 0 aliphatic carbocycles. The number of nitrogens with zero attached hydrogens (tertiary/aromatic N) is 8. The van der Waals surface area contributed by atoms with Crippen LogP contribution in [-0.2, 0) is 76.3 Å². The minimum absolute atomic E-state index is 0.236. The molecule has 1 aliphatic rings. The highest BCUT2D eigenvalue weighted by molar-refractivity contribution is 8.01. The molecule has 400 valence electrons. The first-order valence-corrected chi connectivity index (χ1v) is 28.9. The molecule has 9 rings (SSSR count). The van der Waals surface area contributed by atoms with Crippen LogP contribution < -0.4 is 18.9 Å². The van der Waals surface area contributed by atoms with Crippen molar-refractivity contribution in [3.05, 3.63) is 144 Å². The van der Waals surface area contributed by atoms with Gasteiger partial charge < -0.3 is 37.2 Å². The van der Waals surface area contributed by atoms with Gasteiger partial charge in [0.1, 0.15) is 72.7 Å². The molecule has 4 aromatic heterocycles. The van der Waals surface area contributed by atoms with Crippen molar-refractivity contribution >= 4 is 47.0 Å². The van der Waals surface area contributed by atoms with Gasteiger partial charge in [-0.15, -0.1) is 0 Å². The molecule has 0 unspecified atom stereocenters. The summed E-state index contributed by atoms with van der Waals surface area (Å²) in [6, 6.07) is 18.4. The van der Waals surface area contributed by atoms with E-state index in [1.807, 2.05) is 96.0 Å². The Morgan fingerprint density at radius 3 is 0.618 bits per heavy atom. The number of ether oxygens (including phenoxy) is 4. The van der Waals surface area contributed by atoms with Crippen LogP contribution in [0.3, 0.4) is 0 Å². The van der Waals surface area contributed by atoms with Gasteiger partial charge >= 0.3 is 0 Å². The van der Waals surface area contributed by atoms with E-state index in [4.69, 9.17) is 38.9 Å². The SMILES string of the molecule is Cn1ccnc1COc1c2cc(C(C)(C)C)cc1Sc1cc(C(C)(C)C)cc(c1OCc1nccn1C)Sc1cc(C(C)(C)C)cc(c1OCc1nccn1C)Sc1cc(C(C)(C)C)cc(c1OCc1nccn1C)S2. The van der Waals surface area contributed by atoms with Crippen molar-refractivity contribution in [3.63, 3.8) is 0 Å². The molecular formula is C60H72N8O4S4. The average molecular weight is 1100 g/mol. The van der Waals surface area contributed by atoms with E-state index in [-0.39, 0.29) is 48.1 Å². The molecule has 16 heteroatoms. The molecule has 76 heavy (non-hydrogen) atoms. The topological polar surface area (TPSA) is 108 Å². The first-order chi connectivity index (χ1) is 35.8. The first kappa shape index (κ1) is 55.1. The Hall–Kier alpha value is -5.68. The van der Waals surface area contributed by atoms with E-state index in [2.05, 4.69) is 132 Å². The van der Waals surface area contributed by atoms with Gasteiger partial charge in [-0.1, -0.05) is 130 Å². The van der Waals surface area contributed by atoms with E-state index < -0.39 is 0 Å². The molecule has 4 aromatic carbocycles. The smallest absolute Gasteiger partial charge is 0.147 e. The second-order valence-electron chi connectivity index (χ2n) is 23.6. The highest BCUT2D eigenvalue weighted by Crippen LogP contribution is 2.57. The third-order valence-electron chi connectivity index (χ3n) is 13.5. The Kier molecular flexibility index (Phi) is 15.7. The molecule has 0 amide bonds. The highest BCUT2D eigenvalue weighted by Gasteiger charge is 2.31. The maximum Gasteiger partial charge on any atom is 0.147 e. The second-order valence-corrected chi connectivity index (χ2v) is 27.9. The molecule has 0 saturated carbocycles. The van der Waals surface area contributed by atoms with Gasteiger partial charge in [-0.2, -0.15) is 0 Å². The van der Waals surface area contributed by atoms with Gasteiger partial charge in [0, 0.05) is 77.8 Å². The maximum atomic E-state index is 7.19. The number of hydrogen-bond donors (Lipinski definition) is 0. The summed E-state index contributed by atoms with van der Waals surface area (Å²) in [6.07, 6.45) is 15.1. The molecule has 0 N–H and O–H groups in total. The predicted octanol–water partition coefficient (Wildman–Crippen LogP) is 15.0. The van der Waals surface area contributed by atoms with E-state index in [1.165, 1.54) is 0 Å². The zero-order chi connectivity index (χ0) is 54.5. The molecule has 0 fully saturated rings. The van der Waals surface area contributed by atoms with Gasteiger partial charge in [-0.3, -0.25) is 0 Å². The maximum absolute atomic E-state index is 7.19. The number of rotatable bonds is 12. The molecule has 8 aromatic rings. The summed E-state index contributed by atoms with van der Waals surface area (Å²) in [6.45, 7) is 28.2. The Morgan fingerprint density at radius 2 is 0.487 bits per heavy atom. The number of hydrogen-bond acceptors (Lipinski definition) is 12. The zero-order valence-corrected chi connectivity index (χ0v) is 50.2. The average Bonchev–Trinajstić information content (AvgIpc) is 4.15. The van der Waals surface area contributed by atoms with Crippen molar-refractivity contribution in [1.82, 2.24) is 38.2 Å². The molecular weight excluding hydrogens is 1020 g/mol. The fraction of sp³-hybridized carbons (Fsp3) is 0.400. The summed E-state index contributed by atoms with van der Waals surface area (Å²) in [5, 5.41) is 0. The largest absolute Gasteiger partial charge is 0.483 e. The third kappa shape index (κ3) is 12.4. The summed E-state index contributed by atoms with van der Waals surface area (Å²) >= 11 is 6.69. The Bertz CT molecular complexity index is 2860. The first-order valence-electron chi connectivity index (χ1n) is 25.6. The van der Waals surface area contributed by atoms with Crippen molar-refractivity contribution in [2.45, 2.75) is 170 Å². The van der Waals surface area contributed by atoms with Gasteiger partial charge in [0.25, 0.3) is 0 Å². The lowest BCUT2D eigenvalue weighted by atomic mass is 9.87. The van der Waals surface area contributed by atoms with Crippen LogP contribution in [0.5, 0.6) is 23.0 Å². The Labute approximate surface area is 466 Å². The van der Waals surface area contributed by atoms with Crippen molar-refractivity contribution in [3.8, 4) is 23.0 Å². The van der Waals surface area contributed by atoms with Crippen LogP contribution in [-0.4, -0.2) is 38.2 Å². The van der Waals surface area contributed by atoms with Crippen LogP contribution in [0.4, 0.5) is 0 Å². The van der Waals surface area contributed by atoms with Crippen LogP contribution in [0.15, 0.2) is 137 Å². The van der Waals surface area contributed by atoms with E-state index >= 15 is 0 Å². The fourth-order valence-corrected chi connectivity index (χ4v) is 13.2. The molecule has 0 radical (unpaired) electrons. The van der Waals surface area contributed by atoms with Crippen molar-refractivity contribution < 1.29 is 18.9 Å². The monoisotopic (exact) mass is 1100 g/mol. The summed E-state index contributed by atoms with van der Waals surface area (Å²) in [5.41, 5.74) is 3.71.